The topological polar surface area (TPSA) is 52.4 Å². The molecule has 92 valence electrons. The molecule has 0 radical (unpaired) electrons. The van der Waals surface area contributed by atoms with E-state index in [1.807, 2.05) is 18.2 Å². The monoisotopic (exact) mass is 355 g/mol. The van der Waals surface area contributed by atoms with Gasteiger partial charge in [-0.15, -0.1) is 0 Å². The van der Waals surface area contributed by atoms with Gasteiger partial charge in [0.05, 0.1) is 8.49 Å². The molecule has 0 aliphatic carbocycles. The van der Waals surface area contributed by atoms with Crippen molar-refractivity contribution in [3.63, 3.8) is 0 Å². The molecule has 5 heteroatoms. The highest BCUT2D eigenvalue weighted by Gasteiger charge is 2.19. The average molecular weight is 355 g/mol. The zero-order chi connectivity index (χ0) is 13.1. The lowest BCUT2D eigenvalue weighted by Gasteiger charge is -2.08. The predicted octanol–water partition coefficient (Wildman–Crippen LogP) is 4.30. The summed E-state index contributed by atoms with van der Waals surface area (Å²) in [5.41, 5.74) is 0.598. The Balaban J connectivity index is 2.44. The number of nitro groups is 1. The smallest absolute Gasteiger partial charge is 0.314 e. The normalized spacial score (nSPS) is 10.1. The number of hydrogen-bond donors (Lipinski definition) is 0. The third-order valence-electron chi connectivity index (χ3n) is 2.44. The highest BCUT2D eigenvalue weighted by atomic mass is 127. The highest BCUT2D eigenvalue weighted by molar-refractivity contribution is 14.1. The Labute approximate surface area is 118 Å². The van der Waals surface area contributed by atoms with Gasteiger partial charge in [-0.3, -0.25) is 10.1 Å². The van der Waals surface area contributed by atoms with Gasteiger partial charge in [0.25, 0.3) is 0 Å². The first-order chi connectivity index (χ1) is 8.59. The van der Waals surface area contributed by atoms with Crippen LogP contribution in [0.1, 0.15) is 5.56 Å². The van der Waals surface area contributed by atoms with Crippen molar-refractivity contribution in [1.29, 1.82) is 0 Å². The van der Waals surface area contributed by atoms with Gasteiger partial charge in [-0.25, -0.2) is 0 Å². The first-order valence-corrected chi connectivity index (χ1v) is 6.34. The Morgan fingerprint density at radius 1 is 1.11 bits per heavy atom. The maximum Gasteiger partial charge on any atom is 0.314 e. The number of rotatable bonds is 3. The molecule has 0 fully saturated rings. The molecule has 0 aliphatic heterocycles. The summed E-state index contributed by atoms with van der Waals surface area (Å²) in [5.74, 6) is 0.885. The quantitative estimate of drug-likeness (QED) is 0.469. The highest BCUT2D eigenvalue weighted by Crippen LogP contribution is 2.35. The fourth-order valence-electron chi connectivity index (χ4n) is 1.59. The molecule has 0 saturated carbocycles. The van der Waals surface area contributed by atoms with E-state index < -0.39 is 4.92 Å². The van der Waals surface area contributed by atoms with Crippen molar-refractivity contribution in [2.45, 2.75) is 6.92 Å². The summed E-state index contributed by atoms with van der Waals surface area (Å²) < 4.78 is 6.54. The SMILES string of the molecule is Cc1cccc(Oc2ccccc2I)c1[N+](=O)[O-]. The van der Waals surface area contributed by atoms with Crippen molar-refractivity contribution in [2.24, 2.45) is 0 Å². The molecule has 0 atom stereocenters. The third-order valence-corrected chi connectivity index (χ3v) is 3.33. The Morgan fingerprint density at radius 3 is 2.44 bits per heavy atom. The van der Waals surface area contributed by atoms with E-state index in [4.69, 9.17) is 4.74 Å². The summed E-state index contributed by atoms with van der Waals surface area (Å²) in [6, 6.07) is 12.4. The molecule has 0 unspecified atom stereocenters. The molecule has 18 heavy (non-hydrogen) atoms. The van der Waals surface area contributed by atoms with E-state index in [0.717, 1.165) is 3.57 Å². The number of halogens is 1. The Bertz CT molecular complexity index is 599. The van der Waals surface area contributed by atoms with Gasteiger partial charge in [-0.05, 0) is 47.7 Å². The maximum absolute atomic E-state index is 11.0. The van der Waals surface area contributed by atoms with Crippen LogP contribution in [0.4, 0.5) is 5.69 Å². The summed E-state index contributed by atoms with van der Waals surface area (Å²) in [5, 5.41) is 11.0. The number of para-hydroxylation sites is 2. The fourth-order valence-corrected chi connectivity index (χ4v) is 2.09. The summed E-state index contributed by atoms with van der Waals surface area (Å²) in [4.78, 5) is 10.6. The molecular formula is C13H10INO3. The second-order valence-corrected chi connectivity index (χ2v) is 4.87. The molecule has 0 saturated heterocycles. The zero-order valence-electron chi connectivity index (χ0n) is 9.59. The molecule has 2 rings (SSSR count). The van der Waals surface area contributed by atoms with Gasteiger partial charge < -0.3 is 4.74 Å². The van der Waals surface area contributed by atoms with Crippen LogP contribution in [0.15, 0.2) is 42.5 Å². The molecule has 0 aromatic heterocycles. The lowest BCUT2D eigenvalue weighted by Crippen LogP contribution is -1.96. The number of nitrogens with zero attached hydrogens (tertiary/aromatic N) is 1. The first-order valence-electron chi connectivity index (χ1n) is 5.26. The van der Waals surface area contributed by atoms with Crippen LogP contribution in [0, 0.1) is 20.6 Å². The van der Waals surface area contributed by atoms with E-state index in [1.165, 1.54) is 0 Å². The van der Waals surface area contributed by atoms with E-state index in [0.29, 0.717) is 11.3 Å². The Morgan fingerprint density at radius 2 is 1.78 bits per heavy atom. The van der Waals surface area contributed by atoms with Gasteiger partial charge in [0, 0.05) is 5.56 Å². The third kappa shape index (κ3) is 2.61. The van der Waals surface area contributed by atoms with Gasteiger partial charge in [0.1, 0.15) is 5.75 Å². The molecular weight excluding hydrogens is 345 g/mol. The molecule has 4 nitrogen and oxygen atoms in total. The van der Waals surface area contributed by atoms with Crippen LogP contribution in [0.5, 0.6) is 11.5 Å². The standard InChI is InChI=1S/C13H10INO3/c1-9-5-4-8-12(13(9)15(16)17)18-11-7-3-2-6-10(11)14/h2-8H,1H3. The fraction of sp³-hybridized carbons (Fsp3) is 0.0769. The van der Waals surface area contributed by atoms with Crippen molar-refractivity contribution < 1.29 is 9.66 Å². The summed E-state index contributed by atoms with van der Waals surface area (Å²) in [6.45, 7) is 1.70. The van der Waals surface area contributed by atoms with Crippen molar-refractivity contribution in [2.75, 3.05) is 0 Å². The minimum Gasteiger partial charge on any atom is -0.449 e. The summed E-state index contributed by atoms with van der Waals surface area (Å²) >= 11 is 2.13. The molecule has 0 aliphatic rings. The predicted molar refractivity (Wildman–Crippen MR) is 77.1 cm³/mol. The molecule has 0 N–H and O–H groups in total. The van der Waals surface area contributed by atoms with Gasteiger partial charge >= 0.3 is 5.69 Å². The van der Waals surface area contributed by atoms with Crippen LogP contribution in [-0.2, 0) is 0 Å². The Kier molecular flexibility index (Phi) is 3.81. The number of benzene rings is 2. The van der Waals surface area contributed by atoms with Crippen molar-refractivity contribution >= 4 is 28.3 Å². The number of ether oxygens (including phenoxy) is 1. The van der Waals surface area contributed by atoms with Crippen LogP contribution in [0.25, 0.3) is 0 Å². The van der Waals surface area contributed by atoms with E-state index in [-0.39, 0.29) is 11.4 Å². The van der Waals surface area contributed by atoms with E-state index in [1.54, 1.807) is 31.2 Å². The molecule has 0 amide bonds. The summed E-state index contributed by atoms with van der Waals surface area (Å²) in [7, 11) is 0. The van der Waals surface area contributed by atoms with E-state index in [9.17, 15) is 10.1 Å². The zero-order valence-corrected chi connectivity index (χ0v) is 11.7. The number of nitro benzene ring substituents is 1. The molecule has 2 aromatic rings. The van der Waals surface area contributed by atoms with Gasteiger partial charge in [0.15, 0.2) is 0 Å². The van der Waals surface area contributed by atoms with Crippen molar-refractivity contribution in [3.8, 4) is 11.5 Å². The average Bonchev–Trinajstić information content (AvgIpc) is 2.31. The number of aryl methyl sites for hydroxylation is 1. The summed E-state index contributed by atoms with van der Waals surface area (Å²) in [6.07, 6.45) is 0. The Hall–Kier alpha value is -1.63. The van der Waals surface area contributed by atoms with E-state index in [2.05, 4.69) is 22.6 Å². The van der Waals surface area contributed by atoms with E-state index >= 15 is 0 Å². The minimum absolute atomic E-state index is 0.0113. The second-order valence-electron chi connectivity index (χ2n) is 3.71. The van der Waals surface area contributed by atoms with Crippen LogP contribution in [0.3, 0.4) is 0 Å². The van der Waals surface area contributed by atoms with Crippen molar-refractivity contribution in [1.82, 2.24) is 0 Å². The second kappa shape index (κ2) is 5.34. The van der Waals surface area contributed by atoms with Crippen LogP contribution >= 0.6 is 22.6 Å². The molecule has 0 bridgehead atoms. The molecule has 0 heterocycles. The lowest BCUT2D eigenvalue weighted by atomic mass is 10.2. The van der Waals surface area contributed by atoms with Gasteiger partial charge in [-0.2, -0.15) is 0 Å². The lowest BCUT2D eigenvalue weighted by molar-refractivity contribution is -0.386. The van der Waals surface area contributed by atoms with Crippen LogP contribution in [0.2, 0.25) is 0 Å². The van der Waals surface area contributed by atoms with Crippen LogP contribution in [-0.4, -0.2) is 4.92 Å². The molecule has 0 spiro atoms. The molecule has 2 aromatic carbocycles. The first kappa shape index (κ1) is 12.8. The maximum atomic E-state index is 11.0. The van der Waals surface area contributed by atoms with Gasteiger partial charge in [0.2, 0.25) is 5.75 Å². The number of hydrogen-bond acceptors (Lipinski definition) is 3. The van der Waals surface area contributed by atoms with Crippen molar-refractivity contribution in [3.05, 3.63) is 61.7 Å². The largest absolute Gasteiger partial charge is 0.449 e. The minimum atomic E-state index is -0.416. The van der Waals surface area contributed by atoms with Crippen LogP contribution < -0.4 is 4.74 Å². The van der Waals surface area contributed by atoms with Gasteiger partial charge in [-0.1, -0.05) is 24.3 Å².